The van der Waals surface area contributed by atoms with Crippen LogP contribution in [-0.4, -0.2) is 66.3 Å². The quantitative estimate of drug-likeness (QED) is 0.353. The van der Waals surface area contributed by atoms with E-state index in [9.17, 15) is 9.50 Å². The molecule has 4 aromatic rings. The second kappa shape index (κ2) is 10.5. The number of hydrogen-bond donors (Lipinski definition) is 2. The molecule has 200 valence electrons. The third-order valence-corrected chi connectivity index (χ3v) is 7.04. The highest BCUT2D eigenvalue weighted by Crippen LogP contribution is 2.34. The fourth-order valence-electron chi connectivity index (χ4n) is 4.60. The van der Waals surface area contributed by atoms with Crippen LogP contribution in [0.1, 0.15) is 44.5 Å². The number of aromatic nitrogens is 6. The van der Waals surface area contributed by atoms with Gasteiger partial charge in [0.2, 0.25) is 5.95 Å². The van der Waals surface area contributed by atoms with E-state index in [0.29, 0.717) is 49.6 Å². The molecular weight excluding hydrogens is 487 g/mol. The molecule has 0 aliphatic carbocycles. The van der Waals surface area contributed by atoms with Crippen LogP contribution in [0, 0.1) is 6.92 Å². The fourth-order valence-corrected chi connectivity index (χ4v) is 4.60. The number of aliphatic hydroxyl groups is 1. The number of benzene rings is 1. The van der Waals surface area contributed by atoms with Crippen molar-refractivity contribution in [2.24, 2.45) is 0 Å². The molecule has 1 aromatic carbocycles. The summed E-state index contributed by atoms with van der Waals surface area (Å²) in [5.74, 6) is 3.51. The number of fused-ring (bicyclic) bond motifs is 1. The summed E-state index contributed by atoms with van der Waals surface area (Å²) in [5, 5.41) is 23.3. The lowest BCUT2D eigenvalue weighted by molar-refractivity contribution is -0.0332. The zero-order valence-corrected chi connectivity index (χ0v) is 22.1. The highest BCUT2D eigenvalue weighted by atomic mass is 19.1. The van der Waals surface area contributed by atoms with Crippen LogP contribution >= 0.6 is 0 Å². The van der Waals surface area contributed by atoms with Crippen molar-refractivity contribution in [2.45, 2.75) is 58.4 Å². The maximum Gasteiger partial charge on any atom is 0.227 e. The van der Waals surface area contributed by atoms with Crippen LogP contribution in [0.15, 0.2) is 43.0 Å². The molecule has 38 heavy (non-hydrogen) atoms. The Balaban J connectivity index is 1.36. The summed E-state index contributed by atoms with van der Waals surface area (Å²) in [6.07, 6.45) is 4.08. The van der Waals surface area contributed by atoms with Gasteiger partial charge in [-0.3, -0.25) is 0 Å². The molecule has 11 heteroatoms. The van der Waals surface area contributed by atoms with E-state index < -0.39 is 11.8 Å². The largest absolute Gasteiger partial charge is 0.491 e. The molecule has 0 spiro atoms. The van der Waals surface area contributed by atoms with Gasteiger partial charge in [-0.05, 0) is 55.3 Å². The number of piperidine rings is 1. The Bertz CT molecular complexity index is 1420. The van der Waals surface area contributed by atoms with Gasteiger partial charge in [0.05, 0.1) is 18.7 Å². The van der Waals surface area contributed by atoms with Gasteiger partial charge in [-0.25, -0.2) is 14.4 Å². The first-order valence-electron chi connectivity index (χ1n) is 12.8. The Morgan fingerprint density at radius 2 is 2.05 bits per heavy atom. The number of ether oxygens (including phenoxy) is 1. The molecule has 4 heterocycles. The molecule has 10 nitrogen and oxygen atoms in total. The van der Waals surface area contributed by atoms with Crippen molar-refractivity contribution in [3.05, 3.63) is 54.4 Å². The van der Waals surface area contributed by atoms with Crippen molar-refractivity contribution in [3.63, 3.8) is 0 Å². The second-order valence-corrected chi connectivity index (χ2v) is 10.2. The van der Waals surface area contributed by atoms with Gasteiger partial charge in [0.15, 0.2) is 0 Å². The molecule has 0 bridgehead atoms. The van der Waals surface area contributed by atoms with E-state index in [1.165, 1.54) is 12.5 Å². The van der Waals surface area contributed by atoms with E-state index in [1.807, 2.05) is 29.8 Å². The molecule has 2 N–H and O–H groups in total. The van der Waals surface area contributed by atoms with Crippen molar-refractivity contribution < 1.29 is 14.2 Å². The minimum atomic E-state index is -1.37. The Hall–Kier alpha value is -3.86. The van der Waals surface area contributed by atoms with E-state index in [0.717, 1.165) is 22.3 Å². The van der Waals surface area contributed by atoms with Crippen molar-refractivity contribution in [1.82, 2.24) is 29.7 Å². The van der Waals surface area contributed by atoms with Gasteiger partial charge in [0.25, 0.3) is 0 Å². The number of hydrogen-bond acceptors (Lipinski definition) is 9. The molecule has 1 aliphatic heterocycles. The standard InChI is InChI=1S/C27H33FN8O2/c1-17(2)19-5-6-22(38-12-11-36-16-31-34-18(36)3)21-14-30-25(13-20(19)21)32-24-7-9-29-26(33-24)35-10-8-27(4,37)23(28)15-35/h5-7,9,13-14,16-17,23,37H,8,10-12,15H2,1-4H3,(H,29,30,32,33)/t23-,27+/m1/s1. The summed E-state index contributed by atoms with van der Waals surface area (Å²) < 4.78 is 22.5. The maximum atomic E-state index is 14.4. The van der Waals surface area contributed by atoms with E-state index in [4.69, 9.17) is 4.74 Å². The zero-order chi connectivity index (χ0) is 26.9. The lowest BCUT2D eigenvalue weighted by Gasteiger charge is -2.38. The smallest absolute Gasteiger partial charge is 0.227 e. The first kappa shape index (κ1) is 25.8. The SMILES string of the molecule is Cc1nncn1CCOc1ccc(C(C)C)c2cc(Nc3ccnc(N4CC[C@](C)(O)[C@H](F)C4)n3)ncc12. The average molecular weight is 521 g/mol. The number of anilines is 3. The number of nitrogens with zero attached hydrogens (tertiary/aromatic N) is 7. The lowest BCUT2D eigenvalue weighted by Crippen LogP contribution is -2.52. The Kier molecular flexibility index (Phi) is 7.11. The molecule has 2 atom stereocenters. The summed E-state index contributed by atoms with van der Waals surface area (Å²) in [4.78, 5) is 15.3. The van der Waals surface area contributed by atoms with Crippen LogP contribution in [0.3, 0.4) is 0 Å². The summed E-state index contributed by atoms with van der Waals surface area (Å²) >= 11 is 0. The Labute approximate surface area is 220 Å². The molecular formula is C27H33FN8O2. The molecule has 1 saturated heterocycles. The van der Waals surface area contributed by atoms with Crippen LogP contribution < -0.4 is 15.0 Å². The average Bonchev–Trinajstić information content (AvgIpc) is 3.30. The molecule has 0 unspecified atom stereocenters. The minimum Gasteiger partial charge on any atom is -0.491 e. The van der Waals surface area contributed by atoms with Gasteiger partial charge in [0.1, 0.15) is 42.3 Å². The number of pyridine rings is 1. The predicted octanol–water partition coefficient (Wildman–Crippen LogP) is 4.17. The zero-order valence-electron chi connectivity index (χ0n) is 22.1. The van der Waals surface area contributed by atoms with Crippen LogP contribution in [0.4, 0.5) is 22.0 Å². The molecule has 0 amide bonds. The summed E-state index contributed by atoms with van der Waals surface area (Å²) in [6, 6.07) is 7.84. The summed E-state index contributed by atoms with van der Waals surface area (Å²) in [6.45, 7) is 9.39. The normalized spacial score (nSPS) is 19.8. The number of halogens is 1. The summed E-state index contributed by atoms with van der Waals surface area (Å²) in [7, 11) is 0. The van der Waals surface area contributed by atoms with E-state index in [-0.39, 0.29) is 6.54 Å². The van der Waals surface area contributed by atoms with E-state index in [2.05, 4.69) is 50.4 Å². The maximum absolute atomic E-state index is 14.4. The number of alkyl halides is 1. The highest BCUT2D eigenvalue weighted by Gasteiger charge is 2.38. The van der Waals surface area contributed by atoms with Crippen LogP contribution in [0.5, 0.6) is 5.75 Å². The predicted molar refractivity (Wildman–Crippen MR) is 144 cm³/mol. The van der Waals surface area contributed by atoms with Crippen molar-refractivity contribution in [1.29, 1.82) is 0 Å². The van der Waals surface area contributed by atoms with Crippen molar-refractivity contribution in [2.75, 3.05) is 29.9 Å². The third kappa shape index (κ3) is 5.38. The molecule has 1 aliphatic rings. The fraction of sp³-hybridized carbons (Fsp3) is 0.444. The van der Waals surface area contributed by atoms with Gasteiger partial charge < -0.3 is 24.6 Å². The van der Waals surface area contributed by atoms with Gasteiger partial charge in [-0.2, -0.15) is 4.98 Å². The highest BCUT2D eigenvalue weighted by molar-refractivity contribution is 5.92. The molecule has 5 rings (SSSR count). The molecule has 1 fully saturated rings. The Morgan fingerprint density at radius 1 is 1.21 bits per heavy atom. The third-order valence-electron chi connectivity index (χ3n) is 7.04. The lowest BCUT2D eigenvalue weighted by atomic mass is 9.92. The molecule has 0 radical (unpaired) electrons. The second-order valence-electron chi connectivity index (χ2n) is 10.2. The number of aryl methyl sites for hydroxylation is 1. The first-order valence-corrected chi connectivity index (χ1v) is 12.8. The van der Waals surface area contributed by atoms with Crippen molar-refractivity contribution >= 4 is 28.4 Å². The molecule has 3 aromatic heterocycles. The number of rotatable bonds is 8. The molecule has 0 saturated carbocycles. The van der Waals surface area contributed by atoms with E-state index >= 15 is 0 Å². The van der Waals surface area contributed by atoms with Gasteiger partial charge in [-0.15, -0.1) is 10.2 Å². The van der Waals surface area contributed by atoms with Gasteiger partial charge in [-0.1, -0.05) is 19.9 Å². The van der Waals surface area contributed by atoms with Gasteiger partial charge in [0, 0.05) is 24.3 Å². The number of nitrogens with one attached hydrogen (secondary N) is 1. The van der Waals surface area contributed by atoms with Crippen LogP contribution in [-0.2, 0) is 6.54 Å². The van der Waals surface area contributed by atoms with Crippen molar-refractivity contribution in [3.8, 4) is 5.75 Å². The monoisotopic (exact) mass is 520 g/mol. The Morgan fingerprint density at radius 3 is 2.79 bits per heavy atom. The minimum absolute atomic E-state index is 0.0438. The van der Waals surface area contributed by atoms with Crippen LogP contribution in [0.25, 0.3) is 10.8 Å². The van der Waals surface area contributed by atoms with E-state index in [1.54, 1.807) is 23.5 Å². The summed E-state index contributed by atoms with van der Waals surface area (Å²) in [5.41, 5.74) is -0.140. The first-order chi connectivity index (χ1) is 18.2. The van der Waals surface area contributed by atoms with Crippen LogP contribution in [0.2, 0.25) is 0 Å². The van der Waals surface area contributed by atoms with Gasteiger partial charge >= 0.3 is 0 Å². The topological polar surface area (TPSA) is 114 Å².